The fourth-order valence-electron chi connectivity index (χ4n) is 3.42. The van der Waals surface area contributed by atoms with Gasteiger partial charge in [-0.15, -0.1) is 5.10 Å². The number of rotatable bonds is 6. The molecule has 5 rings (SSSR count). The maximum atomic E-state index is 13.1. The first-order valence-corrected chi connectivity index (χ1v) is 9.90. The number of benzene rings is 2. The predicted molar refractivity (Wildman–Crippen MR) is 115 cm³/mol. The highest BCUT2D eigenvalue weighted by Crippen LogP contribution is 2.32. The van der Waals surface area contributed by atoms with Gasteiger partial charge in [-0.05, 0) is 54.1 Å². The van der Waals surface area contributed by atoms with Crippen LogP contribution in [0.1, 0.15) is 16.1 Å². The summed E-state index contributed by atoms with van der Waals surface area (Å²) in [5.74, 6) is 1.74. The Labute approximate surface area is 183 Å². The van der Waals surface area contributed by atoms with Crippen LogP contribution in [0.5, 0.6) is 17.2 Å². The minimum atomic E-state index is -0.346. The lowest BCUT2D eigenvalue weighted by atomic mass is 10.1. The second kappa shape index (κ2) is 8.38. The molecule has 1 amide bonds. The molecule has 9 nitrogen and oxygen atoms in total. The largest absolute Gasteiger partial charge is 0.497 e. The van der Waals surface area contributed by atoms with Crippen molar-refractivity contribution in [2.75, 3.05) is 13.9 Å². The molecule has 2 aromatic carbocycles. The summed E-state index contributed by atoms with van der Waals surface area (Å²) in [6.07, 6.45) is 3.34. The zero-order valence-corrected chi connectivity index (χ0v) is 17.2. The smallest absolute Gasteiger partial charge is 0.274 e. The molecule has 1 aliphatic heterocycles. The van der Waals surface area contributed by atoms with E-state index in [0.29, 0.717) is 23.7 Å². The van der Waals surface area contributed by atoms with E-state index < -0.39 is 0 Å². The number of amides is 1. The van der Waals surface area contributed by atoms with Gasteiger partial charge < -0.3 is 19.5 Å². The van der Waals surface area contributed by atoms with Crippen molar-refractivity contribution in [1.82, 2.24) is 25.3 Å². The standard InChI is InChI=1S/C23H19N5O4/c1-30-18-7-5-17(6-8-18)28-22(16-3-2-10-24-13-16)21(26-27-28)23(29)25-12-15-4-9-19-20(11-15)32-14-31-19/h2-11,13H,12,14H2,1H3,(H,25,29). The zero-order valence-electron chi connectivity index (χ0n) is 17.2. The Morgan fingerprint density at radius 3 is 2.75 bits per heavy atom. The third-order valence-electron chi connectivity index (χ3n) is 5.03. The molecule has 0 bridgehead atoms. The number of hydrogen-bond donors (Lipinski definition) is 1. The number of ether oxygens (including phenoxy) is 3. The zero-order chi connectivity index (χ0) is 21.9. The van der Waals surface area contributed by atoms with Gasteiger partial charge in [0, 0.05) is 24.5 Å². The summed E-state index contributed by atoms with van der Waals surface area (Å²) in [6.45, 7) is 0.505. The number of nitrogens with one attached hydrogen (secondary N) is 1. The van der Waals surface area contributed by atoms with Crippen LogP contribution >= 0.6 is 0 Å². The van der Waals surface area contributed by atoms with Gasteiger partial charge in [0.25, 0.3) is 5.91 Å². The van der Waals surface area contributed by atoms with Crippen LogP contribution in [-0.4, -0.2) is 39.8 Å². The Hall–Kier alpha value is -4.40. The average molecular weight is 429 g/mol. The van der Waals surface area contributed by atoms with E-state index in [1.165, 1.54) is 0 Å². The SMILES string of the molecule is COc1ccc(-n2nnc(C(=O)NCc3ccc4c(c3)OCO4)c2-c2cccnc2)cc1. The molecule has 0 spiro atoms. The van der Waals surface area contributed by atoms with Crippen LogP contribution in [-0.2, 0) is 6.54 Å². The molecule has 0 unspecified atom stereocenters. The molecule has 3 heterocycles. The van der Waals surface area contributed by atoms with E-state index in [-0.39, 0.29) is 18.4 Å². The first-order chi connectivity index (χ1) is 15.7. The number of aromatic nitrogens is 4. The fraction of sp³-hybridized carbons (Fsp3) is 0.130. The van der Waals surface area contributed by atoms with E-state index in [1.54, 1.807) is 30.3 Å². The second-order valence-electron chi connectivity index (χ2n) is 7.01. The van der Waals surface area contributed by atoms with Gasteiger partial charge in [0.05, 0.1) is 12.8 Å². The van der Waals surface area contributed by atoms with Crippen LogP contribution < -0.4 is 19.5 Å². The molecule has 0 radical (unpaired) electrons. The van der Waals surface area contributed by atoms with Gasteiger partial charge in [0.2, 0.25) is 6.79 Å². The van der Waals surface area contributed by atoms with Crippen LogP contribution in [0.4, 0.5) is 0 Å². The van der Waals surface area contributed by atoms with Crippen molar-refractivity contribution in [1.29, 1.82) is 0 Å². The van der Waals surface area contributed by atoms with Crippen molar-refractivity contribution in [2.45, 2.75) is 6.54 Å². The summed E-state index contributed by atoms with van der Waals surface area (Å²) in [5.41, 5.74) is 3.10. The van der Waals surface area contributed by atoms with Gasteiger partial charge in [0.15, 0.2) is 17.2 Å². The monoisotopic (exact) mass is 429 g/mol. The third kappa shape index (κ3) is 3.71. The van der Waals surface area contributed by atoms with Crippen LogP contribution in [0.3, 0.4) is 0 Å². The summed E-state index contributed by atoms with van der Waals surface area (Å²) < 4.78 is 17.6. The van der Waals surface area contributed by atoms with Gasteiger partial charge in [-0.3, -0.25) is 9.78 Å². The molecule has 9 heteroatoms. The molecule has 1 N–H and O–H groups in total. The Morgan fingerprint density at radius 1 is 1.12 bits per heavy atom. The molecule has 0 aliphatic carbocycles. The Morgan fingerprint density at radius 2 is 1.97 bits per heavy atom. The van der Waals surface area contributed by atoms with Crippen molar-refractivity contribution < 1.29 is 19.0 Å². The first-order valence-electron chi connectivity index (χ1n) is 9.90. The number of carbonyl (C=O) groups excluding carboxylic acids is 1. The molecule has 0 atom stereocenters. The van der Waals surface area contributed by atoms with Gasteiger partial charge in [-0.1, -0.05) is 11.3 Å². The van der Waals surface area contributed by atoms with Crippen LogP contribution in [0, 0.1) is 0 Å². The second-order valence-corrected chi connectivity index (χ2v) is 7.01. The number of pyridine rings is 1. The van der Waals surface area contributed by atoms with Crippen LogP contribution in [0.2, 0.25) is 0 Å². The van der Waals surface area contributed by atoms with Gasteiger partial charge in [-0.2, -0.15) is 0 Å². The Kier molecular flexibility index (Phi) is 5.12. The molecular formula is C23H19N5O4. The van der Waals surface area contributed by atoms with Crippen molar-refractivity contribution in [3.8, 4) is 34.2 Å². The molecular weight excluding hydrogens is 410 g/mol. The molecule has 0 saturated carbocycles. The molecule has 32 heavy (non-hydrogen) atoms. The fourth-order valence-corrected chi connectivity index (χ4v) is 3.42. The predicted octanol–water partition coefficient (Wildman–Crippen LogP) is 3.00. The van der Waals surface area contributed by atoms with E-state index in [2.05, 4.69) is 20.6 Å². The molecule has 1 aliphatic rings. The molecule has 4 aromatic rings. The number of carbonyl (C=O) groups is 1. The van der Waals surface area contributed by atoms with Gasteiger partial charge >= 0.3 is 0 Å². The van der Waals surface area contributed by atoms with E-state index in [0.717, 1.165) is 22.6 Å². The summed E-state index contributed by atoms with van der Waals surface area (Å²) in [6, 6.07) is 16.6. The lowest BCUT2D eigenvalue weighted by molar-refractivity contribution is 0.0946. The lowest BCUT2D eigenvalue weighted by Gasteiger charge is -2.09. The normalized spacial score (nSPS) is 11.9. The highest BCUT2D eigenvalue weighted by atomic mass is 16.7. The quantitative estimate of drug-likeness (QED) is 0.503. The summed E-state index contributed by atoms with van der Waals surface area (Å²) in [4.78, 5) is 17.3. The Balaban J connectivity index is 1.45. The van der Waals surface area contributed by atoms with Gasteiger partial charge in [0.1, 0.15) is 11.4 Å². The Bertz CT molecular complexity index is 1260. The maximum Gasteiger partial charge on any atom is 0.274 e. The summed E-state index contributed by atoms with van der Waals surface area (Å²) >= 11 is 0. The summed E-state index contributed by atoms with van der Waals surface area (Å²) in [7, 11) is 1.61. The van der Waals surface area contributed by atoms with E-state index in [1.807, 2.05) is 48.5 Å². The maximum absolute atomic E-state index is 13.1. The van der Waals surface area contributed by atoms with Gasteiger partial charge in [-0.25, -0.2) is 4.68 Å². The highest BCUT2D eigenvalue weighted by molar-refractivity contribution is 5.98. The average Bonchev–Trinajstić information content (AvgIpc) is 3.50. The van der Waals surface area contributed by atoms with Crippen molar-refractivity contribution in [3.63, 3.8) is 0 Å². The summed E-state index contributed by atoms with van der Waals surface area (Å²) in [5, 5.41) is 11.3. The first kappa shape index (κ1) is 19.6. The number of methoxy groups -OCH3 is 1. The highest BCUT2D eigenvalue weighted by Gasteiger charge is 2.22. The minimum absolute atomic E-state index is 0.202. The molecule has 160 valence electrons. The number of nitrogens with zero attached hydrogens (tertiary/aromatic N) is 4. The van der Waals surface area contributed by atoms with E-state index in [9.17, 15) is 4.79 Å². The van der Waals surface area contributed by atoms with Crippen molar-refractivity contribution in [3.05, 3.63) is 78.2 Å². The van der Waals surface area contributed by atoms with Crippen LogP contribution in [0.15, 0.2) is 67.0 Å². The molecule has 2 aromatic heterocycles. The van der Waals surface area contributed by atoms with Crippen molar-refractivity contribution in [2.24, 2.45) is 0 Å². The lowest BCUT2D eigenvalue weighted by Crippen LogP contribution is -2.24. The van der Waals surface area contributed by atoms with E-state index >= 15 is 0 Å². The van der Waals surface area contributed by atoms with Crippen molar-refractivity contribution >= 4 is 5.91 Å². The van der Waals surface area contributed by atoms with Crippen LogP contribution in [0.25, 0.3) is 16.9 Å². The number of hydrogen-bond acceptors (Lipinski definition) is 7. The molecule has 0 saturated heterocycles. The number of fused-ring (bicyclic) bond motifs is 1. The van der Waals surface area contributed by atoms with E-state index in [4.69, 9.17) is 14.2 Å². The molecule has 0 fully saturated rings. The topological polar surface area (TPSA) is 100 Å². The minimum Gasteiger partial charge on any atom is -0.497 e. The third-order valence-corrected chi connectivity index (χ3v) is 5.03.